The van der Waals surface area contributed by atoms with Gasteiger partial charge < -0.3 is 19.2 Å². The van der Waals surface area contributed by atoms with Crippen LogP contribution >= 0.6 is 0 Å². The van der Waals surface area contributed by atoms with Crippen LogP contribution in [-0.4, -0.2) is 47.4 Å². The molecule has 3 aromatic rings. The summed E-state index contributed by atoms with van der Waals surface area (Å²) in [4.78, 5) is 38.3. The van der Waals surface area contributed by atoms with Crippen molar-refractivity contribution in [3.8, 4) is 0 Å². The maximum Gasteiger partial charge on any atom is 0.314 e. The number of anilines is 1. The summed E-state index contributed by atoms with van der Waals surface area (Å²) in [5.41, 5.74) is 0.692. The van der Waals surface area contributed by atoms with Crippen LogP contribution in [0.15, 0.2) is 45.3 Å². The smallest absolute Gasteiger partial charge is 0.314 e. The number of aryl methyl sites for hydroxylation is 1. The van der Waals surface area contributed by atoms with Gasteiger partial charge in [0.15, 0.2) is 11.6 Å². The minimum absolute atomic E-state index is 0.129. The zero-order valence-corrected chi connectivity index (χ0v) is 16.5. The fourth-order valence-corrected chi connectivity index (χ4v) is 3.50. The number of likely N-dealkylation sites (tertiary alicyclic amines) is 1. The monoisotopic (exact) mass is 410 g/mol. The van der Waals surface area contributed by atoms with Crippen LogP contribution in [0.2, 0.25) is 0 Å². The third-order valence-corrected chi connectivity index (χ3v) is 5.17. The third-order valence-electron chi connectivity index (χ3n) is 5.17. The SMILES string of the molecule is Cc1cc(NC(=O)C(=O)NCC2CCN(C(=O)c3cc4ccccc4o3)CC2)no1. The topological polar surface area (TPSA) is 118 Å². The highest BCUT2D eigenvalue weighted by Gasteiger charge is 2.26. The molecule has 1 fully saturated rings. The molecule has 0 atom stereocenters. The van der Waals surface area contributed by atoms with Crippen molar-refractivity contribution in [2.45, 2.75) is 19.8 Å². The molecule has 0 aliphatic carbocycles. The summed E-state index contributed by atoms with van der Waals surface area (Å²) < 4.78 is 10.5. The Morgan fingerprint density at radius 3 is 2.60 bits per heavy atom. The van der Waals surface area contributed by atoms with E-state index in [-0.39, 0.29) is 17.6 Å². The normalized spacial score (nSPS) is 14.6. The molecule has 0 unspecified atom stereocenters. The van der Waals surface area contributed by atoms with Gasteiger partial charge in [0.05, 0.1) is 0 Å². The van der Waals surface area contributed by atoms with Crippen LogP contribution in [0.1, 0.15) is 29.2 Å². The van der Waals surface area contributed by atoms with E-state index in [0.717, 1.165) is 18.2 Å². The van der Waals surface area contributed by atoms with Crippen molar-refractivity contribution in [3.05, 3.63) is 47.9 Å². The van der Waals surface area contributed by atoms with E-state index in [0.29, 0.717) is 36.7 Å². The lowest BCUT2D eigenvalue weighted by Crippen LogP contribution is -2.43. The lowest BCUT2D eigenvalue weighted by molar-refractivity contribution is -0.136. The van der Waals surface area contributed by atoms with Crippen molar-refractivity contribution in [1.29, 1.82) is 0 Å². The van der Waals surface area contributed by atoms with E-state index >= 15 is 0 Å². The Labute approximate surface area is 172 Å². The first kappa shape index (κ1) is 19.7. The summed E-state index contributed by atoms with van der Waals surface area (Å²) in [5.74, 6) is -0.383. The number of nitrogens with zero attached hydrogens (tertiary/aromatic N) is 2. The van der Waals surface area contributed by atoms with Crippen LogP contribution in [-0.2, 0) is 9.59 Å². The molecule has 30 heavy (non-hydrogen) atoms. The lowest BCUT2D eigenvalue weighted by Gasteiger charge is -2.31. The zero-order chi connectivity index (χ0) is 21.1. The van der Waals surface area contributed by atoms with Gasteiger partial charge in [-0.2, -0.15) is 0 Å². The summed E-state index contributed by atoms with van der Waals surface area (Å²) in [6.45, 7) is 3.20. The Morgan fingerprint density at radius 1 is 1.13 bits per heavy atom. The van der Waals surface area contributed by atoms with Gasteiger partial charge in [0.2, 0.25) is 0 Å². The van der Waals surface area contributed by atoms with Gasteiger partial charge in [-0.25, -0.2) is 0 Å². The molecule has 9 heteroatoms. The summed E-state index contributed by atoms with van der Waals surface area (Å²) in [6.07, 6.45) is 1.46. The minimum Gasteiger partial charge on any atom is -0.451 e. The number of carbonyl (C=O) groups excluding carboxylic acids is 3. The van der Waals surface area contributed by atoms with Crippen LogP contribution in [0, 0.1) is 12.8 Å². The highest BCUT2D eigenvalue weighted by Crippen LogP contribution is 2.23. The molecule has 2 aromatic heterocycles. The Hall–Kier alpha value is -3.62. The van der Waals surface area contributed by atoms with Gasteiger partial charge >= 0.3 is 11.8 Å². The maximum atomic E-state index is 12.7. The molecule has 0 spiro atoms. The second-order valence-corrected chi connectivity index (χ2v) is 7.37. The Balaban J connectivity index is 1.23. The molecule has 3 amide bonds. The summed E-state index contributed by atoms with van der Waals surface area (Å²) in [5, 5.41) is 9.54. The van der Waals surface area contributed by atoms with Crippen molar-refractivity contribution in [3.63, 3.8) is 0 Å². The quantitative estimate of drug-likeness (QED) is 0.638. The number of nitrogens with one attached hydrogen (secondary N) is 2. The van der Waals surface area contributed by atoms with E-state index in [1.807, 2.05) is 24.3 Å². The number of aromatic nitrogens is 1. The van der Waals surface area contributed by atoms with Gasteiger partial charge in [-0.15, -0.1) is 0 Å². The number of amides is 3. The number of hydrogen-bond acceptors (Lipinski definition) is 6. The molecule has 0 bridgehead atoms. The van der Waals surface area contributed by atoms with Crippen molar-refractivity contribution in [2.75, 3.05) is 25.0 Å². The molecule has 1 aliphatic heterocycles. The fourth-order valence-electron chi connectivity index (χ4n) is 3.50. The molecule has 3 heterocycles. The summed E-state index contributed by atoms with van der Waals surface area (Å²) in [7, 11) is 0. The molecule has 0 saturated carbocycles. The molecular formula is C21H22N4O5. The number of para-hydroxylation sites is 1. The van der Waals surface area contributed by atoms with Crippen molar-refractivity contribution < 1.29 is 23.3 Å². The molecule has 156 valence electrons. The number of piperidine rings is 1. The predicted octanol–water partition coefficient (Wildman–Crippen LogP) is 2.34. The van der Waals surface area contributed by atoms with Crippen molar-refractivity contribution in [1.82, 2.24) is 15.4 Å². The first-order valence-corrected chi connectivity index (χ1v) is 9.80. The summed E-state index contributed by atoms with van der Waals surface area (Å²) >= 11 is 0. The standard InChI is InChI=1S/C21H22N4O5/c1-13-10-18(24-30-13)23-20(27)19(26)22-12-14-6-8-25(9-7-14)21(28)17-11-15-4-2-3-5-16(15)29-17/h2-5,10-11,14H,6-9,12H2,1H3,(H,22,26)(H,23,24,27). The van der Waals surface area contributed by atoms with Gasteiger partial charge in [0, 0.05) is 31.1 Å². The molecule has 1 aromatic carbocycles. The second kappa shape index (κ2) is 8.40. The molecule has 9 nitrogen and oxygen atoms in total. The fraction of sp³-hybridized carbons (Fsp3) is 0.333. The van der Waals surface area contributed by atoms with Gasteiger partial charge in [0.1, 0.15) is 11.3 Å². The van der Waals surface area contributed by atoms with E-state index in [4.69, 9.17) is 8.94 Å². The minimum atomic E-state index is -0.791. The number of benzene rings is 1. The Bertz CT molecular complexity index is 1040. The van der Waals surface area contributed by atoms with E-state index in [2.05, 4.69) is 15.8 Å². The Morgan fingerprint density at radius 2 is 1.90 bits per heavy atom. The van der Waals surface area contributed by atoms with E-state index in [1.54, 1.807) is 17.9 Å². The molecular weight excluding hydrogens is 388 g/mol. The highest BCUT2D eigenvalue weighted by atomic mass is 16.5. The first-order valence-electron chi connectivity index (χ1n) is 9.80. The van der Waals surface area contributed by atoms with E-state index < -0.39 is 11.8 Å². The molecule has 1 aliphatic rings. The lowest BCUT2D eigenvalue weighted by atomic mass is 9.96. The van der Waals surface area contributed by atoms with Gasteiger partial charge in [0.25, 0.3) is 5.91 Å². The number of carbonyl (C=O) groups is 3. The average molecular weight is 410 g/mol. The number of fused-ring (bicyclic) bond motifs is 1. The average Bonchev–Trinajstić information content (AvgIpc) is 3.37. The maximum absolute atomic E-state index is 12.7. The van der Waals surface area contributed by atoms with Crippen LogP contribution in [0.25, 0.3) is 11.0 Å². The van der Waals surface area contributed by atoms with Crippen LogP contribution in [0.4, 0.5) is 5.82 Å². The largest absolute Gasteiger partial charge is 0.451 e. The van der Waals surface area contributed by atoms with E-state index in [9.17, 15) is 14.4 Å². The molecule has 1 saturated heterocycles. The van der Waals surface area contributed by atoms with Gasteiger partial charge in [-0.3, -0.25) is 19.7 Å². The van der Waals surface area contributed by atoms with Crippen LogP contribution in [0.5, 0.6) is 0 Å². The van der Waals surface area contributed by atoms with Crippen LogP contribution < -0.4 is 10.6 Å². The zero-order valence-electron chi connectivity index (χ0n) is 16.5. The molecule has 4 rings (SSSR count). The first-order chi connectivity index (χ1) is 14.5. The number of furan rings is 1. The van der Waals surface area contributed by atoms with Crippen molar-refractivity contribution in [2.24, 2.45) is 5.92 Å². The highest BCUT2D eigenvalue weighted by molar-refractivity contribution is 6.39. The Kier molecular flexibility index (Phi) is 5.51. The van der Waals surface area contributed by atoms with Gasteiger partial charge in [-0.1, -0.05) is 23.4 Å². The summed E-state index contributed by atoms with van der Waals surface area (Å²) in [6, 6.07) is 10.8. The molecule has 2 N–H and O–H groups in total. The van der Waals surface area contributed by atoms with Gasteiger partial charge in [-0.05, 0) is 37.8 Å². The third kappa shape index (κ3) is 4.35. The second-order valence-electron chi connectivity index (χ2n) is 7.37. The van der Waals surface area contributed by atoms with Crippen molar-refractivity contribution >= 4 is 34.5 Å². The number of rotatable bonds is 4. The van der Waals surface area contributed by atoms with Crippen LogP contribution in [0.3, 0.4) is 0 Å². The molecule has 0 radical (unpaired) electrons. The number of hydrogen-bond donors (Lipinski definition) is 2. The van der Waals surface area contributed by atoms with E-state index in [1.165, 1.54) is 6.07 Å². The predicted molar refractivity (Wildman–Crippen MR) is 108 cm³/mol.